The van der Waals surface area contributed by atoms with E-state index in [9.17, 15) is 4.79 Å². The summed E-state index contributed by atoms with van der Waals surface area (Å²) in [5.41, 5.74) is 0. The molecule has 0 aliphatic carbocycles. The molecule has 1 aliphatic rings. The summed E-state index contributed by atoms with van der Waals surface area (Å²) in [6, 6.07) is -0.0715. The van der Waals surface area contributed by atoms with Gasteiger partial charge in [-0.05, 0) is 26.2 Å². The molecule has 1 fully saturated rings. The van der Waals surface area contributed by atoms with Crippen LogP contribution in [0.5, 0.6) is 0 Å². The average molecular weight is 195 g/mol. The van der Waals surface area contributed by atoms with Crippen LogP contribution < -0.4 is 0 Å². The van der Waals surface area contributed by atoms with Crippen molar-refractivity contribution in [1.82, 2.24) is 9.91 Å². The van der Waals surface area contributed by atoms with E-state index in [4.69, 9.17) is 0 Å². The number of hydrogen-bond donors (Lipinski definition) is 0. The van der Waals surface area contributed by atoms with Gasteiger partial charge in [0.05, 0.1) is 0 Å². The molecule has 14 heavy (non-hydrogen) atoms. The van der Waals surface area contributed by atoms with Crippen LogP contribution in [0.15, 0.2) is 17.4 Å². The van der Waals surface area contributed by atoms with E-state index < -0.39 is 0 Å². The average Bonchev–Trinajstić information content (AvgIpc) is 2.26. The summed E-state index contributed by atoms with van der Waals surface area (Å²) >= 11 is 0. The lowest BCUT2D eigenvalue weighted by molar-refractivity contribution is 0.160. The monoisotopic (exact) mass is 195 g/mol. The summed E-state index contributed by atoms with van der Waals surface area (Å²) in [6.45, 7) is 6.89. The number of amides is 2. The van der Waals surface area contributed by atoms with Crippen LogP contribution in [0, 0.1) is 0 Å². The van der Waals surface area contributed by atoms with Gasteiger partial charge in [0.2, 0.25) is 0 Å². The van der Waals surface area contributed by atoms with E-state index in [-0.39, 0.29) is 6.03 Å². The van der Waals surface area contributed by atoms with Crippen molar-refractivity contribution in [2.24, 2.45) is 5.10 Å². The van der Waals surface area contributed by atoms with Crippen molar-refractivity contribution >= 4 is 12.7 Å². The van der Waals surface area contributed by atoms with Crippen molar-refractivity contribution in [3.8, 4) is 0 Å². The topological polar surface area (TPSA) is 35.9 Å². The molecule has 1 rings (SSSR count). The second-order valence-electron chi connectivity index (χ2n) is 3.30. The molecule has 1 aliphatic heterocycles. The summed E-state index contributed by atoms with van der Waals surface area (Å²) in [4.78, 5) is 13.6. The Hall–Kier alpha value is -1.32. The third kappa shape index (κ3) is 2.58. The molecular formula is C10H17N3O. The normalized spacial score (nSPS) is 17.1. The summed E-state index contributed by atoms with van der Waals surface area (Å²) in [5, 5.41) is 4.94. The van der Waals surface area contributed by atoms with Crippen molar-refractivity contribution in [1.29, 1.82) is 0 Å². The van der Waals surface area contributed by atoms with Crippen molar-refractivity contribution in [3.63, 3.8) is 0 Å². The van der Waals surface area contributed by atoms with E-state index in [1.807, 2.05) is 11.8 Å². The van der Waals surface area contributed by atoms with Crippen LogP contribution in [0.1, 0.15) is 26.2 Å². The molecule has 0 aromatic rings. The van der Waals surface area contributed by atoms with Gasteiger partial charge in [-0.15, -0.1) is 0 Å². The minimum Gasteiger partial charge on any atom is -0.323 e. The number of carbonyl (C=O) groups excluding carboxylic acids is 1. The Kier molecular flexibility index (Phi) is 4.16. The van der Waals surface area contributed by atoms with Gasteiger partial charge in [0.25, 0.3) is 0 Å². The Labute approximate surface area is 84.9 Å². The van der Waals surface area contributed by atoms with E-state index in [0.29, 0.717) is 0 Å². The number of urea groups is 1. The van der Waals surface area contributed by atoms with Crippen molar-refractivity contribution in [2.45, 2.75) is 26.2 Å². The highest BCUT2D eigenvalue weighted by Crippen LogP contribution is 2.11. The maximum Gasteiger partial charge on any atom is 0.344 e. The molecule has 0 N–H and O–H groups in total. The van der Waals surface area contributed by atoms with E-state index in [0.717, 1.165) is 25.9 Å². The predicted molar refractivity (Wildman–Crippen MR) is 57.0 cm³/mol. The molecule has 0 aromatic carbocycles. The molecule has 0 radical (unpaired) electrons. The molecule has 78 valence electrons. The van der Waals surface area contributed by atoms with E-state index in [1.54, 1.807) is 12.3 Å². The zero-order chi connectivity index (χ0) is 10.4. The molecule has 0 saturated carbocycles. The third-order valence-electron chi connectivity index (χ3n) is 2.27. The van der Waals surface area contributed by atoms with Gasteiger partial charge < -0.3 is 4.90 Å². The van der Waals surface area contributed by atoms with Crippen molar-refractivity contribution in [3.05, 3.63) is 12.3 Å². The standard InChI is InChI=1S/C10H17N3O/c1-3-7-13(11-2)10(14)12-8-5-4-6-9-12/h3,7H,2,4-6,8-9H2,1H3/b7-3-. The Balaban J connectivity index is 2.56. The number of hydrogen-bond acceptors (Lipinski definition) is 2. The molecule has 0 atom stereocenters. The number of likely N-dealkylation sites (tertiary alicyclic amines) is 1. The number of nitrogens with zero attached hydrogens (tertiary/aromatic N) is 3. The van der Waals surface area contributed by atoms with Crippen LogP contribution in [0.3, 0.4) is 0 Å². The molecule has 1 saturated heterocycles. The van der Waals surface area contributed by atoms with Gasteiger partial charge in [-0.2, -0.15) is 10.1 Å². The lowest BCUT2D eigenvalue weighted by atomic mass is 10.1. The summed E-state index contributed by atoms with van der Waals surface area (Å²) in [6.07, 6.45) is 6.80. The number of allylic oxidation sites excluding steroid dienone is 1. The highest BCUT2D eigenvalue weighted by atomic mass is 16.2. The van der Waals surface area contributed by atoms with Crippen LogP contribution >= 0.6 is 0 Å². The van der Waals surface area contributed by atoms with Crippen LogP contribution in [-0.2, 0) is 0 Å². The molecule has 1 heterocycles. The number of piperidine rings is 1. The van der Waals surface area contributed by atoms with Gasteiger partial charge in [0, 0.05) is 26.0 Å². The SMILES string of the molecule is C=NN(/C=C\C)C(=O)N1CCCCC1. The summed E-state index contributed by atoms with van der Waals surface area (Å²) in [5.74, 6) is 0. The second kappa shape index (κ2) is 5.42. The zero-order valence-corrected chi connectivity index (χ0v) is 8.65. The quantitative estimate of drug-likeness (QED) is 0.490. The largest absolute Gasteiger partial charge is 0.344 e. The Morgan fingerprint density at radius 3 is 2.57 bits per heavy atom. The summed E-state index contributed by atoms with van der Waals surface area (Å²) in [7, 11) is 0. The van der Waals surface area contributed by atoms with E-state index in [2.05, 4.69) is 11.8 Å². The smallest absolute Gasteiger partial charge is 0.323 e. The first kappa shape index (κ1) is 10.8. The highest BCUT2D eigenvalue weighted by molar-refractivity contribution is 5.75. The van der Waals surface area contributed by atoms with Crippen molar-refractivity contribution < 1.29 is 4.79 Å². The first-order chi connectivity index (χ1) is 6.79. The van der Waals surface area contributed by atoms with Crippen LogP contribution in [0.4, 0.5) is 4.79 Å². The molecule has 2 amide bonds. The fourth-order valence-electron chi connectivity index (χ4n) is 1.54. The molecule has 4 nitrogen and oxygen atoms in total. The maximum absolute atomic E-state index is 11.8. The highest BCUT2D eigenvalue weighted by Gasteiger charge is 2.19. The van der Waals surface area contributed by atoms with Crippen LogP contribution in [0.25, 0.3) is 0 Å². The molecule has 0 bridgehead atoms. The Bertz CT molecular complexity index is 232. The van der Waals surface area contributed by atoms with Gasteiger partial charge in [-0.3, -0.25) is 0 Å². The first-order valence-electron chi connectivity index (χ1n) is 4.97. The third-order valence-corrected chi connectivity index (χ3v) is 2.27. The van der Waals surface area contributed by atoms with Gasteiger partial charge in [-0.25, -0.2) is 4.79 Å². The minimum absolute atomic E-state index is 0.0715. The lowest BCUT2D eigenvalue weighted by Gasteiger charge is -2.28. The molecular weight excluding hydrogens is 178 g/mol. The molecule has 0 unspecified atom stereocenters. The fraction of sp³-hybridized carbons (Fsp3) is 0.600. The molecule has 4 heteroatoms. The second-order valence-corrected chi connectivity index (χ2v) is 3.30. The Morgan fingerprint density at radius 2 is 2.07 bits per heavy atom. The maximum atomic E-state index is 11.8. The van der Waals surface area contributed by atoms with Gasteiger partial charge in [-0.1, -0.05) is 6.08 Å². The first-order valence-corrected chi connectivity index (χ1v) is 4.97. The number of rotatable bonds is 2. The summed E-state index contributed by atoms with van der Waals surface area (Å²) < 4.78 is 0. The van der Waals surface area contributed by atoms with Crippen LogP contribution in [-0.4, -0.2) is 35.7 Å². The van der Waals surface area contributed by atoms with Gasteiger partial charge >= 0.3 is 6.03 Å². The predicted octanol–water partition coefficient (Wildman–Crippen LogP) is 2.04. The number of hydrazone groups is 1. The molecule has 0 aromatic heterocycles. The van der Waals surface area contributed by atoms with Gasteiger partial charge in [0.1, 0.15) is 0 Å². The lowest BCUT2D eigenvalue weighted by Crippen LogP contribution is -2.41. The minimum atomic E-state index is -0.0715. The van der Waals surface area contributed by atoms with E-state index in [1.165, 1.54) is 11.4 Å². The van der Waals surface area contributed by atoms with Gasteiger partial charge in [0.15, 0.2) is 0 Å². The van der Waals surface area contributed by atoms with Crippen molar-refractivity contribution in [2.75, 3.05) is 13.1 Å². The fourth-order valence-corrected chi connectivity index (χ4v) is 1.54. The Morgan fingerprint density at radius 1 is 1.43 bits per heavy atom. The van der Waals surface area contributed by atoms with E-state index >= 15 is 0 Å². The van der Waals surface area contributed by atoms with Crippen LogP contribution in [0.2, 0.25) is 0 Å². The zero-order valence-electron chi connectivity index (χ0n) is 8.65. The number of carbonyl (C=O) groups is 1. The molecule has 0 spiro atoms.